The number of benzene rings is 2. The van der Waals surface area contributed by atoms with Crippen LogP contribution < -0.4 is 10.4 Å². The van der Waals surface area contributed by atoms with Crippen molar-refractivity contribution in [1.82, 2.24) is 0 Å². The number of thiophene rings is 1. The fourth-order valence-electron chi connectivity index (χ4n) is 2.01. The van der Waals surface area contributed by atoms with Crippen molar-refractivity contribution in [3.8, 4) is 0 Å². The maximum absolute atomic E-state index is 13.1. The first-order valence-electron chi connectivity index (χ1n) is 6.35. The molecule has 0 saturated carbocycles. The van der Waals surface area contributed by atoms with Gasteiger partial charge in [-0.3, -0.25) is 4.79 Å². The van der Waals surface area contributed by atoms with Crippen molar-refractivity contribution in [1.29, 1.82) is 0 Å². The number of carbonyl (C=O) groups is 2. The molecule has 3 rings (SSSR count). The second-order valence-corrected chi connectivity index (χ2v) is 5.70. The van der Waals surface area contributed by atoms with Crippen LogP contribution in [0.3, 0.4) is 0 Å². The molecule has 0 saturated heterocycles. The van der Waals surface area contributed by atoms with Crippen molar-refractivity contribution in [2.45, 2.75) is 0 Å². The summed E-state index contributed by atoms with van der Waals surface area (Å²) >= 11 is 1.26. The van der Waals surface area contributed by atoms with Crippen LogP contribution in [-0.2, 0) is 0 Å². The number of aromatic carboxylic acids is 1. The molecule has 3 aromatic rings. The van der Waals surface area contributed by atoms with Crippen LogP contribution >= 0.6 is 11.3 Å². The molecule has 0 spiro atoms. The number of hydrogen-bond acceptors (Lipinski definition) is 4. The van der Waals surface area contributed by atoms with Crippen LogP contribution in [0.15, 0.2) is 48.5 Å². The van der Waals surface area contributed by atoms with E-state index in [4.69, 9.17) is 0 Å². The molecule has 4 nitrogen and oxygen atoms in total. The van der Waals surface area contributed by atoms with E-state index in [-0.39, 0.29) is 17.3 Å². The minimum Gasteiger partial charge on any atom is -0.545 e. The minimum absolute atomic E-state index is 0.0373. The Hall–Kier alpha value is -2.73. The quantitative estimate of drug-likeness (QED) is 0.808. The Morgan fingerprint density at radius 2 is 1.77 bits per heavy atom. The molecule has 1 amide bonds. The lowest BCUT2D eigenvalue weighted by atomic mass is 10.2. The number of carboxylic acids is 1. The van der Waals surface area contributed by atoms with E-state index >= 15 is 0 Å². The van der Waals surface area contributed by atoms with Gasteiger partial charge in [-0.2, -0.15) is 0 Å². The Bertz CT molecular complexity index is 871. The van der Waals surface area contributed by atoms with E-state index in [0.29, 0.717) is 16.0 Å². The lowest BCUT2D eigenvalue weighted by molar-refractivity contribution is -0.255. The number of halogens is 1. The summed E-state index contributed by atoms with van der Waals surface area (Å²) < 4.78 is 14.0. The van der Waals surface area contributed by atoms with Crippen molar-refractivity contribution in [3.63, 3.8) is 0 Å². The molecule has 110 valence electrons. The molecule has 0 bridgehead atoms. The predicted octanol–water partition coefficient (Wildman–Crippen LogP) is 2.66. The smallest absolute Gasteiger partial charge is 0.265 e. The Balaban J connectivity index is 1.81. The zero-order valence-electron chi connectivity index (χ0n) is 11.1. The van der Waals surface area contributed by atoms with Gasteiger partial charge in [0.1, 0.15) is 5.82 Å². The molecule has 1 heterocycles. The SMILES string of the molecule is O=C([O-])c1ccc(NC(=O)c2cc3cc(F)ccc3s2)cc1. The monoisotopic (exact) mass is 314 g/mol. The Morgan fingerprint density at radius 1 is 1.05 bits per heavy atom. The molecule has 6 heteroatoms. The summed E-state index contributed by atoms with van der Waals surface area (Å²) in [5.74, 6) is -1.96. The molecular weight excluding hydrogens is 305 g/mol. The number of nitrogens with one attached hydrogen (secondary N) is 1. The summed E-state index contributed by atoms with van der Waals surface area (Å²) in [6.45, 7) is 0. The van der Waals surface area contributed by atoms with Crippen LogP contribution in [0, 0.1) is 5.82 Å². The van der Waals surface area contributed by atoms with Crippen molar-refractivity contribution < 1.29 is 19.1 Å². The van der Waals surface area contributed by atoms with Crippen LogP contribution in [0.5, 0.6) is 0 Å². The highest BCUT2D eigenvalue weighted by molar-refractivity contribution is 7.20. The molecule has 0 aliphatic heterocycles. The number of carboxylic acid groups (broad SMARTS) is 1. The highest BCUT2D eigenvalue weighted by Crippen LogP contribution is 2.27. The standard InChI is InChI=1S/C16H10FNO3S/c17-11-3-6-13-10(7-11)8-14(22-13)15(19)18-12-4-1-9(2-5-12)16(20)21/h1-8H,(H,18,19)(H,20,21)/p-1. The van der Waals surface area contributed by atoms with Gasteiger partial charge in [-0.1, -0.05) is 12.1 Å². The maximum Gasteiger partial charge on any atom is 0.265 e. The molecule has 1 N–H and O–H groups in total. The third kappa shape index (κ3) is 2.82. The number of anilines is 1. The van der Waals surface area contributed by atoms with Gasteiger partial charge < -0.3 is 15.2 Å². The van der Waals surface area contributed by atoms with Crippen molar-refractivity contribution >= 4 is 39.0 Å². The molecule has 22 heavy (non-hydrogen) atoms. The lowest BCUT2D eigenvalue weighted by Crippen LogP contribution is -2.22. The zero-order chi connectivity index (χ0) is 15.7. The average molecular weight is 314 g/mol. The van der Waals surface area contributed by atoms with Gasteiger partial charge in [-0.05, 0) is 47.3 Å². The van der Waals surface area contributed by atoms with Gasteiger partial charge >= 0.3 is 0 Å². The number of hydrogen-bond donors (Lipinski definition) is 1. The highest BCUT2D eigenvalue weighted by atomic mass is 32.1. The topological polar surface area (TPSA) is 69.2 Å². The van der Waals surface area contributed by atoms with Gasteiger partial charge in [0, 0.05) is 10.4 Å². The third-order valence-corrected chi connectivity index (χ3v) is 4.20. The van der Waals surface area contributed by atoms with E-state index in [1.54, 1.807) is 12.1 Å². The first kappa shape index (κ1) is 14.2. The van der Waals surface area contributed by atoms with Crippen molar-refractivity contribution in [2.75, 3.05) is 5.32 Å². The van der Waals surface area contributed by atoms with E-state index in [2.05, 4.69) is 5.32 Å². The first-order chi connectivity index (χ1) is 10.5. The molecule has 0 fully saturated rings. The summed E-state index contributed by atoms with van der Waals surface area (Å²) in [6, 6.07) is 11.6. The summed E-state index contributed by atoms with van der Waals surface area (Å²) in [7, 11) is 0. The lowest BCUT2D eigenvalue weighted by Gasteiger charge is -2.05. The zero-order valence-corrected chi connectivity index (χ0v) is 11.9. The summed E-state index contributed by atoms with van der Waals surface area (Å²) in [5, 5.41) is 14.0. The second kappa shape index (κ2) is 5.57. The Labute approximate surface area is 128 Å². The first-order valence-corrected chi connectivity index (χ1v) is 7.16. The van der Waals surface area contributed by atoms with E-state index in [1.807, 2.05) is 0 Å². The van der Waals surface area contributed by atoms with Crippen LogP contribution in [0.4, 0.5) is 10.1 Å². The summed E-state index contributed by atoms with van der Waals surface area (Å²) in [4.78, 5) is 23.3. The molecule has 0 unspecified atom stereocenters. The third-order valence-electron chi connectivity index (χ3n) is 3.08. The van der Waals surface area contributed by atoms with Gasteiger partial charge in [0.15, 0.2) is 0 Å². The largest absolute Gasteiger partial charge is 0.545 e. The van der Waals surface area contributed by atoms with Gasteiger partial charge in [-0.25, -0.2) is 4.39 Å². The van der Waals surface area contributed by atoms with Crippen LogP contribution in [-0.4, -0.2) is 11.9 Å². The van der Waals surface area contributed by atoms with Crippen molar-refractivity contribution in [3.05, 3.63) is 64.8 Å². The predicted molar refractivity (Wildman–Crippen MR) is 80.5 cm³/mol. The molecule has 0 aliphatic carbocycles. The Kier molecular flexibility index (Phi) is 3.60. The summed E-state index contributed by atoms with van der Waals surface area (Å²) in [6.07, 6.45) is 0. The van der Waals surface area contributed by atoms with Gasteiger partial charge in [0.05, 0.1) is 10.8 Å². The van der Waals surface area contributed by atoms with Crippen LogP contribution in [0.1, 0.15) is 20.0 Å². The van der Waals surface area contributed by atoms with E-state index in [9.17, 15) is 19.1 Å². The van der Waals surface area contributed by atoms with E-state index in [1.165, 1.54) is 47.7 Å². The number of carbonyl (C=O) groups excluding carboxylic acids is 2. The van der Waals surface area contributed by atoms with E-state index < -0.39 is 5.97 Å². The van der Waals surface area contributed by atoms with Gasteiger partial charge in [0.2, 0.25) is 0 Å². The average Bonchev–Trinajstić information content (AvgIpc) is 2.91. The molecule has 2 aromatic carbocycles. The molecule has 0 aliphatic rings. The van der Waals surface area contributed by atoms with E-state index in [0.717, 1.165) is 4.70 Å². The normalized spacial score (nSPS) is 10.6. The minimum atomic E-state index is -1.27. The number of amides is 1. The molecule has 0 radical (unpaired) electrons. The van der Waals surface area contributed by atoms with Gasteiger partial charge in [-0.15, -0.1) is 11.3 Å². The molecule has 1 aromatic heterocycles. The molecular formula is C16H9FNO3S-. The fourth-order valence-corrected chi connectivity index (χ4v) is 2.95. The highest BCUT2D eigenvalue weighted by Gasteiger charge is 2.11. The van der Waals surface area contributed by atoms with Gasteiger partial charge in [0.25, 0.3) is 5.91 Å². The molecule has 0 atom stereocenters. The van der Waals surface area contributed by atoms with Crippen LogP contribution in [0.2, 0.25) is 0 Å². The van der Waals surface area contributed by atoms with Crippen molar-refractivity contribution in [2.24, 2.45) is 0 Å². The number of rotatable bonds is 3. The Morgan fingerprint density at radius 3 is 2.45 bits per heavy atom. The number of fused-ring (bicyclic) bond motifs is 1. The maximum atomic E-state index is 13.1. The summed E-state index contributed by atoms with van der Waals surface area (Å²) in [5.41, 5.74) is 0.508. The van der Waals surface area contributed by atoms with Crippen LogP contribution in [0.25, 0.3) is 10.1 Å². The fraction of sp³-hybridized carbons (Fsp3) is 0. The second-order valence-electron chi connectivity index (χ2n) is 4.61.